The largest absolute Gasteiger partial charge is 0.250 e. The number of hydrogen-bond acceptors (Lipinski definition) is 3. The first-order valence-electron chi connectivity index (χ1n) is 2.46. The van der Waals surface area contributed by atoms with Crippen molar-refractivity contribution >= 4 is 32.7 Å². The highest BCUT2D eigenvalue weighted by molar-refractivity contribution is 14.1. The molecule has 0 radical (unpaired) electrons. The van der Waals surface area contributed by atoms with Gasteiger partial charge in [0.05, 0.1) is 5.75 Å². The van der Waals surface area contributed by atoms with E-state index >= 15 is 0 Å². The molecule has 0 aromatic carbocycles. The van der Waals surface area contributed by atoms with Crippen molar-refractivity contribution < 1.29 is 8.42 Å². The Hall–Kier alpha value is 0.640. The summed E-state index contributed by atoms with van der Waals surface area (Å²) in [7, 11) is -0.927. The number of rotatable bonds is 3. The highest BCUT2D eigenvalue weighted by atomic mass is 127. The third-order valence-corrected chi connectivity index (χ3v) is 2.18. The quantitative estimate of drug-likeness (QED) is 0.543. The molecule has 0 rings (SSSR count). The van der Waals surface area contributed by atoms with E-state index in [0.717, 1.165) is 0 Å². The molecule has 0 N–H and O–H groups in total. The Bertz CT molecular complexity index is 163. The smallest absolute Gasteiger partial charge is 0.148 e. The Balaban J connectivity index is 3.53. The topological polar surface area (TPSA) is 37.4 Å². The zero-order valence-corrected chi connectivity index (χ0v) is 8.44. The maximum atomic E-state index is 10.5. The first-order valence-corrected chi connectivity index (χ1v) is 5.49. The highest BCUT2D eigenvalue weighted by Crippen LogP contribution is 1.93. The lowest BCUT2D eigenvalue weighted by Gasteiger charge is -2.03. The normalized spacial score (nSPS) is 12.4. The third kappa shape index (κ3) is 8.64. The molecule has 0 saturated carbocycles. The number of hydrogen-bond donors (Lipinski definition) is 0. The summed E-state index contributed by atoms with van der Waals surface area (Å²) in [6.45, 7) is 0.597. The van der Waals surface area contributed by atoms with Crippen molar-refractivity contribution in [1.82, 2.24) is 3.11 Å². The van der Waals surface area contributed by atoms with Gasteiger partial charge >= 0.3 is 0 Å². The van der Waals surface area contributed by atoms with Gasteiger partial charge in [-0.05, 0) is 7.05 Å². The average Bonchev–Trinajstić information content (AvgIpc) is 1.59. The van der Waals surface area contributed by atoms with Crippen molar-refractivity contribution in [3.63, 3.8) is 0 Å². The van der Waals surface area contributed by atoms with Gasteiger partial charge in [0.1, 0.15) is 9.84 Å². The summed E-state index contributed by atoms with van der Waals surface area (Å²) in [5.74, 6) is 0.242. The summed E-state index contributed by atoms with van der Waals surface area (Å²) in [6.07, 6.45) is 1.24. The Morgan fingerprint density at radius 1 is 1.56 bits per heavy atom. The maximum absolute atomic E-state index is 10.5. The SMILES string of the molecule is CN(I)CCS(C)(=O)=O. The van der Waals surface area contributed by atoms with E-state index in [-0.39, 0.29) is 5.75 Å². The van der Waals surface area contributed by atoms with E-state index in [1.807, 2.05) is 10.2 Å². The van der Waals surface area contributed by atoms with Crippen LogP contribution in [0.3, 0.4) is 0 Å². The van der Waals surface area contributed by atoms with Gasteiger partial charge in [-0.15, -0.1) is 0 Å². The van der Waals surface area contributed by atoms with Gasteiger partial charge in [0.15, 0.2) is 0 Å². The summed E-state index contributed by atoms with van der Waals surface area (Å²) in [5, 5.41) is 0. The molecule has 0 saturated heterocycles. The van der Waals surface area contributed by atoms with E-state index in [4.69, 9.17) is 0 Å². The molecule has 0 aliphatic heterocycles. The van der Waals surface area contributed by atoms with Crippen molar-refractivity contribution in [3.8, 4) is 0 Å². The first kappa shape index (κ1) is 9.64. The fourth-order valence-electron chi connectivity index (χ4n) is 0.292. The Kier molecular flexibility index (Phi) is 3.99. The molecule has 0 unspecified atom stereocenters. The highest BCUT2D eigenvalue weighted by Gasteiger charge is 2.01. The van der Waals surface area contributed by atoms with Crippen molar-refractivity contribution in [2.45, 2.75) is 0 Å². The van der Waals surface area contributed by atoms with Gasteiger partial charge < -0.3 is 0 Å². The van der Waals surface area contributed by atoms with Crippen LogP contribution in [0.15, 0.2) is 0 Å². The first-order chi connectivity index (χ1) is 3.92. The third-order valence-electron chi connectivity index (χ3n) is 0.770. The van der Waals surface area contributed by atoms with Gasteiger partial charge in [-0.2, -0.15) is 0 Å². The average molecular weight is 263 g/mol. The van der Waals surface area contributed by atoms with Crippen LogP contribution in [-0.2, 0) is 9.84 Å². The fourth-order valence-corrected chi connectivity index (χ4v) is 1.47. The monoisotopic (exact) mass is 263 g/mol. The number of sulfone groups is 1. The van der Waals surface area contributed by atoms with Gasteiger partial charge in [-0.1, -0.05) is 0 Å². The Morgan fingerprint density at radius 2 is 2.00 bits per heavy atom. The van der Waals surface area contributed by atoms with E-state index in [1.165, 1.54) is 6.26 Å². The molecule has 0 atom stereocenters. The van der Waals surface area contributed by atoms with Crippen LogP contribution < -0.4 is 0 Å². The van der Waals surface area contributed by atoms with Crippen molar-refractivity contribution in [1.29, 1.82) is 0 Å². The number of nitrogens with zero attached hydrogens (tertiary/aromatic N) is 1. The molecule has 9 heavy (non-hydrogen) atoms. The molecule has 0 bridgehead atoms. The van der Waals surface area contributed by atoms with Crippen molar-refractivity contribution in [2.24, 2.45) is 0 Å². The van der Waals surface area contributed by atoms with E-state index in [2.05, 4.69) is 22.9 Å². The van der Waals surface area contributed by atoms with Crippen LogP contribution >= 0.6 is 22.9 Å². The van der Waals surface area contributed by atoms with E-state index < -0.39 is 9.84 Å². The number of halogens is 1. The Labute approximate surface area is 69.8 Å². The lowest BCUT2D eigenvalue weighted by molar-refractivity contribution is 0.586. The molecular weight excluding hydrogens is 253 g/mol. The summed E-state index contributed by atoms with van der Waals surface area (Å²) < 4.78 is 22.8. The van der Waals surface area contributed by atoms with E-state index in [1.54, 1.807) is 0 Å². The summed E-state index contributed by atoms with van der Waals surface area (Å²) in [4.78, 5) is 0. The molecule has 0 aliphatic carbocycles. The van der Waals surface area contributed by atoms with Gasteiger partial charge in [-0.3, -0.25) is 0 Å². The molecule has 56 valence electrons. The second kappa shape index (κ2) is 3.72. The second-order valence-corrected chi connectivity index (χ2v) is 5.87. The standard InChI is InChI=1S/C4H10INO2S/c1-6(5)3-4-9(2,7)8/h3-4H2,1-2H3. The van der Waals surface area contributed by atoms with Crippen LogP contribution in [0.1, 0.15) is 0 Å². The summed E-state index contributed by atoms with van der Waals surface area (Å²) in [5.41, 5.74) is 0. The van der Waals surface area contributed by atoms with Crippen LogP contribution in [0.4, 0.5) is 0 Å². The van der Waals surface area contributed by atoms with Crippen LogP contribution in [0.2, 0.25) is 0 Å². The van der Waals surface area contributed by atoms with E-state index in [9.17, 15) is 8.42 Å². The Morgan fingerprint density at radius 3 is 2.11 bits per heavy atom. The van der Waals surface area contributed by atoms with Gasteiger partial charge in [-0.25, -0.2) is 11.5 Å². The minimum Gasteiger partial charge on any atom is -0.250 e. The lowest BCUT2D eigenvalue weighted by Crippen LogP contribution is -2.16. The molecule has 0 heterocycles. The van der Waals surface area contributed by atoms with Crippen LogP contribution in [-0.4, -0.2) is 37.1 Å². The van der Waals surface area contributed by atoms with E-state index in [0.29, 0.717) is 6.54 Å². The van der Waals surface area contributed by atoms with Crippen molar-refractivity contribution in [3.05, 3.63) is 0 Å². The molecular formula is C4H10INO2S. The van der Waals surface area contributed by atoms with Crippen LogP contribution in [0, 0.1) is 0 Å². The second-order valence-electron chi connectivity index (χ2n) is 1.96. The predicted molar refractivity (Wildman–Crippen MR) is 46.4 cm³/mol. The zero-order valence-electron chi connectivity index (χ0n) is 5.46. The zero-order chi connectivity index (χ0) is 7.49. The minimum atomic E-state index is -2.77. The van der Waals surface area contributed by atoms with Gasteiger partial charge in [0.25, 0.3) is 0 Å². The molecule has 0 fully saturated rings. The molecule has 0 aliphatic rings. The molecule has 0 aromatic rings. The molecule has 0 spiro atoms. The lowest BCUT2D eigenvalue weighted by atomic mass is 10.8. The summed E-state index contributed by atoms with van der Waals surface area (Å²) in [6, 6.07) is 0. The van der Waals surface area contributed by atoms with Crippen molar-refractivity contribution in [2.75, 3.05) is 25.6 Å². The maximum Gasteiger partial charge on any atom is 0.148 e. The van der Waals surface area contributed by atoms with Gasteiger partial charge in [0.2, 0.25) is 0 Å². The van der Waals surface area contributed by atoms with Crippen LogP contribution in [0.25, 0.3) is 0 Å². The summed E-state index contributed by atoms with van der Waals surface area (Å²) >= 11 is 2.05. The fraction of sp³-hybridized carbons (Fsp3) is 1.00. The molecule has 5 heteroatoms. The predicted octanol–water partition coefficient (Wildman–Crippen LogP) is 0.313. The molecule has 0 amide bonds. The minimum absolute atomic E-state index is 0.242. The molecule has 3 nitrogen and oxygen atoms in total. The van der Waals surface area contributed by atoms with Crippen LogP contribution in [0.5, 0.6) is 0 Å². The van der Waals surface area contributed by atoms with Gasteiger partial charge in [0, 0.05) is 35.7 Å². The molecule has 0 aromatic heterocycles.